The van der Waals surface area contributed by atoms with Crippen molar-refractivity contribution in [3.8, 4) is 0 Å². The zero-order valence-corrected chi connectivity index (χ0v) is 22.8. The van der Waals surface area contributed by atoms with Crippen molar-refractivity contribution in [3.63, 3.8) is 0 Å². The SMILES string of the molecule is CO[C@@H]1O[C@@H](C)[C@H](OC2O[C@@H]3COC(c4ccccc4)O[C@H]3C[C@@H]2OCc2ccccc2)[C@H]2OC(C)(C)O[C@@H]12. The second-order valence-corrected chi connectivity index (χ2v) is 11.0. The molecule has 0 aliphatic carbocycles. The van der Waals surface area contributed by atoms with E-state index in [1.165, 1.54) is 0 Å². The van der Waals surface area contributed by atoms with Crippen LogP contribution in [0.5, 0.6) is 0 Å². The molecule has 0 radical (unpaired) electrons. The van der Waals surface area contributed by atoms with Gasteiger partial charge in [-0.1, -0.05) is 60.7 Å². The highest BCUT2D eigenvalue weighted by Gasteiger charge is 2.56. The number of fused-ring (bicyclic) bond motifs is 2. The molecule has 10 atom stereocenters. The predicted octanol–water partition coefficient (Wildman–Crippen LogP) is 4.10. The van der Waals surface area contributed by atoms with E-state index in [1.54, 1.807) is 7.11 Å². The Hall–Kier alpha value is -1.92. The van der Waals surface area contributed by atoms with E-state index in [4.69, 9.17) is 42.6 Å². The van der Waals surface area contributed by atoms with Gasteiger partial charge in [0.15, 0.2) is 24.7 Å². The second-order valence-electron chi connectivity index (χ2n) is 11.0. The van der Waals surface area contributed by atoms with Crippen LogP contribution < -0.4 is 0 Å². The van der Waals surface area contributed by atoms with Gasteiger partial charge in [-0.05, 0) is 26.3 Å². The molecule has 0 aromatic heterocycles. The minimum Gasteiger partial charge on any atom is -0.368 e. The number of hydrogen-bond donors (Lipinski definition) is 0. The molecule has 2 aromatic carbocycles. The first-order chi connectivity index (χ1) is 18.9. The molecule has 4 fully saturated rings. The van der Waals surface area contributed by atoms with E-state index in [1.807, 2.05) is 81.4 Å². The Morgan fingerprint density at radius 3 is 2.31 bits per heavy atom. The molecule has 39 heavy (non-hydrogen) atoms. The third-order valence-electron chi connectivity index (χ3n) is 7.67. The minimum atomic E-state index is -0.791. The van der Waals surface area contributed by atoms with Crippen LogP contribution in [0.15, 0.2) is 60.7 Å². The first-order valence-electron chi connectivity index (χ1n) is 13.7. The van der Waals surface area contributed by atoms with Gasteiger partial charge in [-0.15, -0.1) is 0 Å². The van der Waals surface area contributed by atoms with Crippen molar-refractivity contribution >= 4 is 0 Å². The lowest BCUT2D eigenvalue weighted by atomic mass is 9.98. The summed E-state index contributed by atoms with van der Waals surface area (Å²) in [5.41, 5.74) is 2.05. The van der Waals surface area contributed by atoms with Gasteiger partial charge in [0, 0.05) is 19.1 Å². The molecule has 0 spiro atoms. The molecule has 4 heterocycles. The predicted molar refractivity (Wildman–Crippen MR) is 138 cm³/mol. The molecule has 9 nitrogen and oxygen atoms in total. The van der Waals surface area contributed by atoms with Crippen LogP contribution in [0.3, 0.4) is 0 Å². The lowest BCUT2D eigenvalue weighted by molar-refractivity contribution is -0.364. The van der Waals surface area contributed by atoms with Crippen molar-refractivity contribution in [2.75, 3.05) is 13.7 Å². The van der Waals surface area contributed by atoms with E-state index in [9.17, 15) is 0 Å². The Morgan fingerprint density at radius 2 is 1.56 bits per heavy atom. The van der Waals surface area contributed by atoms with E-state index in [0.29, 0.717) is 19.6 Å². The molecule has 0 N–H and O–H groups in total. The maximum atomic E-state index is 6.66. The smallest absolute Gasteiger partial charge is 0.186 e. The summed E-state index contributed by atoms with van der Waals surface area (Å²) in [6, 6.07) is 20.0. The molecule has 2 unspecified atom stereocenters. The average Bonchev–Trinajstić information content (AvgIpc) is 3.29. The first-order valence-corrected chi connectivity index (χ1v) is 13.7. The Morgan fingerprint density at radius 1 is 0.846 bits per heavy atom. The fraction of sp³-hybridized carbons (Fsp3) is 0.600. The van der Waals surface area contributed by atoms with Crippen LogP contribution in [0, 0.1) is 0 Å². The number of benzene rings is 2. The van der Waals surface area contributed by atoms with E-state index >= 15 is 0 Å². The topological polar surface area (TPSA) is 83.1 Å². The van der Waals surface area contributed by atoms with Crippen LogP contribution >= 0.6 is 0 Å². The molecular weight excluding hydrogens is 504 g/mol. The molecule has 4 aliphatic rings. The summed E-state index contributed by atoms with van der Waals surface area (Å²) in [4.78, 5) is 0. The molecule has 4 aliphatic heterocycles. The molecule has 9 heteroatoms. The molecule has 6 rings (SSSR count). The van der Waals surface area contributed by atoms with Gasteiger partial charge in [0.25, 0.3) is 0 Å². The summed E-state index contributed by atoms with van der Waals surface area (Å²) in [5.74, 6) is -0.791. The number of hydrogen-bond acceptors (Lipinski definition) is 9. The molecule has 4 saturated heterocycles. The maximum Gasteiger partial charge on any atom is 0.186 e. The monoisotopic (exact) mass is 542 g/mol. The summed E-state index contributed by atoms with van der Waals surface area (Å²) in [6.45, 7) is 6.52. The van der Waals surface area contributed by atoms with Crippen molar-refractivity contribution < 1.29 is 42.6 Å². The third-order valence-corrected chi connectivity index (χ3v) is 7.67. The van der Waals surface area contributed by atoms with Crippen LogP contribution in [0.1, 0.15) is 44.6 Å². The highest BCUT2D eigenvalue weighted by molar-refractivity contribution is 5.17. The summed E-state index contributed by atoms with van der Waals surface area (Å²) < 4.78 is 56.1. The van der Waals surface area contributed by atoms with E-state index in [0.717, 1.165) is 11.1 Å². The second kappa shape index (κ2) is 11.5. The van der Waals surface area contributed by atoms with Gasteiger partial charge in [-0.3, -0.25) is 0 Å². The van der Waals surface area contributed by atoms with E-state index in [2.05, 4.69) is 0 Å². The van der Waals surface area contributed by atoms with Crippen molar-refractivity contribution in [1.29, 1.82) is 0 Å². The van der Waals surface area contributed by atoms with Crippen LogP contribution in [0.2, 0.25) is 0 Å². The largest absolute Gasteiger partial charge is 0.368 e. The molecule has 0 bridgehead atoms. The molecule has 0 amide bonds. The highest BCUT2D eigenvalue weighted by atomic mass is 16.8. The van der Waals surface area contributed by atoms with Gasteiger partial charge in [0.1, 0.15) is 30.5 Å². The quantitative estimate of drug-likeness (QED) is 0.514. The van der Waals surface area contributed by atoms with Crippen molar-refractivity contribution in [2.45, 2.75) is 101 Å². The van der Waals surface area contributed by atoms with Gasteiger partial charge in [-0.25, -0.2) is 0 Å². The van der Waals surface area contributed by atoms with Gasteiger partial charge >= 0.3 is 0 Å². The van der Waals surface area contributed by atoms with Gasteiger partial charge in [0.05, 0.1) is 25.4 Å². The Labute approximate surface area is 229 Å². The Balaban J connectivity index is 1.20. The summed E-state index contributed by atoms with van der Waals surface area (Å²) in [5, 5.41) is 0. The number of ether oxygens (including phenoxy) is 9. The van der Waals surface area contributed by atoms with E-state index in [-0.39, 0.29) is 24.4 Å². The van der Waals surface area contributed by atoms with Gasteiger partial charge in [-0.2, -0.15) is 0 Å². The minimum absolute atomic E-state index is 0.208. The molecule has 0 saturated carbocycles. The average molecular weight is 543 g/mol. The van der Waals surface area contributed by atoms with Gasteiger partial charge in [0.2, 0.25) is 0 Å². The van der Waals surface area contributed by atoms with Crippen LogP contribution in [-0.4, -0.2) is 74.8 Å². The van der Waals surface area contributed by atoms with Gasteiger partial charge < -0.3 is 42.6 Å². The maximum absolute atomic E-state index is 6.66. The van der Waals surface area contributed by atoms with Crippen LogP contribution in [0.4, 0.5) is 0 Å². The van der Waals surface area contributed by atoms with Crippen molar-refractivity contribution in [3.05, 3.63) is 71.8 Å². The molecular formula is C30H38O9. The lowest BCUT2D eigenvalue weighted by Crippen LogP contribution is -2.61. The summed E-state index contributed by atoms with van der Waals surface area (Å²) >= 11 is 0. The highest BCUT2D eigenvalue weighted by Crippen LogP contribution is 2.41. The Bertz CT molecular complexity index is 1070. The number of rotatable bonds is 7. The first kappa shape index (κ1) is 27.3. The van der Waals surface area contributed by atoms with Crippen LogP contribution in [-0.2, 0) is 49.2 Å². The number of methoxy groups -OCH3 is 1. The fourth-order valence-electron chi connectivity index (χ4n) is 5.79. The van der Waals surface area contributed by atoms with E-state index < -0.39 is 43.0 Å². The molecule has 212 valence electrons. The standard InChI is InChI=1S/C30H38O9/c1-18-24(25-26(29(31-4)34-18)39-30(2,3)38-25)37-28-22(32-16-19-11-7-5-8-12-19)15-21-23(36-28)17-33-27(35-21)20-13-9-6-10-14-20/h5-14,18,21-29H,15-17H2,1-4H3/t18-,21-,22-,23+,24-,25+,26+,27?,28?,29+/m0/s1. The summed E-state index contributed by atoms with van der Waals surface area (Å²) in [6.07, 6.45) is -3.61. The fourth-order valence-corrected chi connectivity index (χ4v) is 5.79. The zero-order valence-electron chi connectivity index (χ0n) is 22.8. The third kappa shape index (κ3) is 5.93. The van der Waals surface area contributed by atoms with Crippen molar-refractivity contribution in [1.82, 2.24) is 0 Å². The zero-order chi connectivity index (χ0) is 27.0. The Kier molecular flexibility index (Phi) is 8.05. The molecule has 2 aromatic rings. The van der Waals surface area contributed by atoms with Crippen LogP contribution in [0.25, 0.3) is 0 Å². The van der Waals surface area contributed by atoms with Crippen molar-refractivity contribution in [2.24, 2.45) is 0 Å². The normalized spacial score (nSPS) is 39.6. The summed E-state index contributed by atoms with van der Waals surface area (Å²) in [7, 11) is 1.61. The lowest BCUT2D eigenvalue weighted by Gasteiger charge is -2.47.